The van der Waals surface area contributed by atoms with Crippen LogP contribution in [0.25, 0.3) is 0 Å². The molecule has 3 heteroatoms. The van der Waals surface area contributed by atoms with Crippen LogP contribution in [-0.2, 0) is 0 Å². The summed E-state index contributed by atoms with van der Waals surface area (Å²) in [6, 6.07) is 1.54. The van der Waals surface area contributed by atoms with E-state index in [0.717, 1.165) is 18.0 Å². The summed E-state index contributed by atoms with van der Waals surface area (Å²) in [4.78, 5) is 5.47. The lowest BCUT2D eigenvalue weighted by Crippen LogP contribution is -2.67. The van der Waals surface area contributed by atoms with E-state index < -0.39 is 0 Å². The second-order valence-electron chi connectivity index (χ2n) is 6.78. The molecule has 3 nitrogen and oxygen atoms in total. The molecule has 4 fully saturated rings. The standard InChI is InChI=1S/C16H31N3/c1-2-8-17-16(14-6-4-3-5-7-14)15-13-18-9-11-19(15)12-10-18/h14-17H,2-13H2,1H3. The molecule has 0 aromatic carbocycles. The highest BCUT2D eigenvalue weighted by atomic mass is 15.4. The van der Waals surface area contributed by atoms with Gasteiger partial charge in [-0.25, -0.2) is 0 Å². The molecule has 3 aliphatic heterocycles. The van der Waals surface area contributed by atoms with E-state index in [0.29, 0.717) is 0 Å². The summed E-state index contributed by atoms with van der Waals surface area (Å²) in [6.07, 6.45) is 8.59. The summed E-state index contributed by atoms with van der Waals surface area (Å²) >= 11 is 0. The fraction of sp³-hybridized carbons (Fsp3) is 1.00. The van der Waals surface area contributed by atoms with Crippen molar-refractivity contribution in [2.75, 3.05) is 39.3 Å². The third kappa shape index (κ3) is 3.14. The van der Waals surface area contributed by atoms with Crippen molar-refractivity contribution < 1.29 is 0 Å². The summed E-state index contributed by atoms with van der Waals surface area (Å²) in [5.41, 5.74) is 0. The molecule has 2 atom stereocenters. The zero-order valence-corrected chi connectivity index (χ0v) is 12.6. The molecule has 1 aliphatic carbocycles. The average molecular weight is 265 g/mol. The molecule has 0 spiro atoms. The Morgan fingerprint density at radius 1 is 1.05 bits per heavy atom. The van der Waals surface area contributed by atoms with Gasteiger partial charge >= 0.3 is 0 Å². The lowest BCUT2D eigenvalue weighted by molar-refractivity contribution is -0.0164. The monoisotopic (exact) mass is 265 g/mol. The average Bonchev–Trinajstić information content (AvgIpc) is 2.50. The van der Waals surface area contributed by atoms with Crippen LogP contribution in [0.2, 0.25) is 0 Å². The van der Waals surface area contributed by atoms with E-state index in [1.54, 1.807) is 0 Å². The minimum Gasteiger partial charge on any atom is -0.312 e. The molecule has 2 bridgehead atoms. The van der Waals surface area contributed by atoms with E-state index in [9.17, 15) is 0 Å². The Morgan fingerprint density at radius 3 is 2.37 bits per heavy atom. The Labute approximate surface area is 118 Å². The molecule has 3 heterocycles. The van der Waals surface area contributed by atoms with Crippen LogP contribution in [0.4, 0.5) is 0 Å². The Hall–Kier alpha value is -0.120. The number of nitrogens with zero attached hydrogens (tertiary/aromatic N) is 2. The Kier molecular flexibility index (Phi) is 4.78. The minimum absolute atomic E-state index is 0.753. The lowest BCUT2D eigenvalue weighted by atomic mass is 9.79. The lowest BCUT2D eigenvalue weighted by Gasteiger charge is -2.52. The highest BCUT2D eigenvalue weighted by Gasteiger charge is 2.39. The number of hydrogen-bond acceptors (Lipinski definition) is 3. The molecule has 1 saturated carbocycles. The molecule has 3 saturated heterocycles. The maximum Gasteiger partial charge on any atom is 0.0380 e. The maximum absolute atomic E-state index is 3.93. The van der Waals surface area contributed by atoms with E-state index in [2.05, 4.69) is 22.0 Å². The first kappa shape index (κ1) is 13.8. The van der Waals surface area contributed by atoms with Gasteiger partial charge in [0.2, 0.25) is 0 Å². The van der Waals surface area contributed by atoms with Crippen molar-refractivity contribution >= 4 is 0 Å². The molecule has 19 heavy (non-hydrogen) atoms. The van der Waals surface area contributed by atoms with Gasteiger partial charge in [0, 0.05) is 44.8 Å². The quantitative estimate of drug-likeness (QED) is 0.819. The Balaban J connectivity index is 1.66. The maximum atomic E-state index is 3.93. The van der Waals surface area contributed by atoms with Gasteiger partial charge in [0.15, 0.2) is 0 Å². The van der Waals surface area contributed by atoms with Crippen molar-refractivity contribution in [3.05, 3.63) is 0 Å². The van der Waals surface area contributed by atoms with Gasteiger partial charge in [0.05, 0.1) is 0 Å². The number of fused-ring (bicyclic) bond motifs is 3. The van der Waals surface area contributed by atoms with Crippen LogP contribution >= 0.6 is 0 Å². The Bertz CT molecular complexity index is 267. The first-order valence-corrected chi connectivity index (χ1v) is 8.58. The van der Waals surface area contributed by atoms with Gasteiger partial charge in [-0.05, 0) is 31.7 Å². The molecule has 0 aromatic heterocycles. The van der Waals surface area contributed by atoms with Crippen LogP contribution in [0, 0.1) is 5.92 Å². The predicted octanol–water partition coefficient (Wildman–Crippen LogP) is 1.93. The smallest absolute Gasteiger partial charge is 0.0380 e. The van der Waals surface area contributed by atoms with Gasteiger partial charge in [-0.1, -0.05) is 26.2 Å². The van der Waals surface area contributed by atoms with E-state index in [1.807, 2.05) is 0 Å². The largest absolute Gasteiger partial charge is 0.312 e. The van der Waals surface area contributed by atoms with Crippen molar-refractivity contribution in [2.24, 2.45) is 5.92 Å². The summed E-state index contributed by atoms with van der Waals surface area (Å²) < 4.78 is 0. The second kappa shape index (κ2) is 6.55. The highest BCUT2D eigenvalue weighted by Crippen LogP contribution is 2.31. The van der Waals surface area contributed by atoms with Crippen molar-refractivity contribution in [2.45, 2.75) is 57.5 Å². The molecule has 2 unspecified atom stereocenters. The van der Waals surface area contributed by atoms with Crippen LogP contribution in [0.1, 0.15) is 45.4 Å². The molecule has 0 amide bonds. The molecule has 110 valence electrons. The van der Waals surface area contributed by atoms with Gasteiger partial charge in [0.1, 0.15) is 0 Å². The van der Waals surface area contributed by atoms with Crippen LogP contribution in [-0.4, -0.2) is 61.2 Å². The van der Waals surface area contributed by atoms with Crippen LogP contribution < -0.4 is 5.32 Å². The molecular weight excluding hydrogens is 234 g/mol. The van der Waals surface area contributed by atoms with Gasteiger partial charge in [-0.3, -0.25) is 9.80 Å². The van der Waals surface area contributed by atoms with Crippen LogP contribution in [0.3, 0.4) is 0 Å². The number of piperazine rings is 3. The molecule has 1 N–H and O–H groups in total. The number of hydrogen-bond donors (Lipinski definition) is 1. The number of nitrogens with one attached hydrogen (secondary N) is 1. The van der Waals surface area contributed by atoms with Gasteiger partial charge < -0.3 is 5.32 Å². The second-order valence-corrected chi connectivity index (χ2v) is 6.78. The Morgan fingerprint density at radius 2 is 1.79 bits per heavy atom. The fourth-order valence-corrected chi connectivity index (χ4v) is 4.42. The molecule has 4 aliphatic rings. The van der Waals surface area contributed by atoms with E-state index in [1.165, 1.54) is 77.8 Å². The minimum atomic E-state index is 0.753. The van der Waals surface area contributed by atoms with Gasteiger partial charge in [-0.2, -0.15) is 0 Å². The van der Waals surface area contributed by atoms with E-state index >= 15 is 0 Å². The highest BCUT2D eigenvalue weighted by molar-refractivity contribution is 4.97. The van der Waals surface area contributed by atoms with Crippen LogP contribution in [0.15, 0.2) is 0 Å². The van der Waals surface area contributed by atoms with Gasteiger partial charge in [-0.15, -0.1) is 0 Å². The SMILES string of the molecule is CCCNC(C1CCCCC1)C1CN2CCN1CC2. The third-order valence-corrected chi connectivity index (χ3v) is 5.52. The number of rotatable bonds is 5. The molecular formula is C16H31N3. The molecule has 0 radical (unpaired) electrons. The summed E-state index contributed by atoms with van der Waals surface area (Å²) in [5.74, 6) is 0.936. The zero-order chi connectivity index (χ0) is 13.1. The van der Waals surface area contributed by atoms with Crippen molar-refractivity contribution in [3.8, 4) is 0 Å². The summed E-state index contributed by atoms with van der Waals surface area (Å²) in [7, 11) is 0. The van der Waals surface area contributed by atoms with Crippen LogP contribution in [0.5, 0.6) is 0 Å². The van der Waals surface area contributed by atoms with Crippen molar-refractivity contribution in [1.29, 1.82) is 0 Å². The van der Waals surface area contributed by atoms with E-state index in [4.69, 9.17) is 0 Å². The first-order valence-electron chi connectivity index (χ1n) is 8.58. The van der Waals surface area contributed by atoms with Gasteiger partial charge in [0.25, 0.3) is 0 Å². The van der Waals surface area contributed by atoms with Crippen molar-refractivity contribution in [1.82, 2.24) is 15.1 Å². The molecule has 4 rings (SSSR count). The predicted molar refractivity (Wildman–Crippen MR) is 80.5 cm³/mol. The topological polar surface area (TPSA) is 18.5 Å². The zero-order valence-electron chi connectivity index (χ0n) is 12.6. The normalized spacial score (nSPS) is 37.4. The van der Waals surface area contributed by atoms with E-state index in [-0.39, 0.29) is 0 Å². The summed E-state index contributed by atoms with van der Waals surface area (Å²) in [6.45, 7) is 10.0. The molecule has 0 aromatic rings. The first-order chi connectivity index (χ1) is 9.38. The van der Waals surface area contributed by atoms with Crippen molar-refractivity contribution in [3.63, 3.8) is 0 Å². The fourth-order valence-electron chi connectivity index (χ4n) is 4.42. The third-order valence-electron chi connectivity index (χ3n) is 5.52. The summed E-state index contributed by atoms with van der Waals surface area (Å²) in [5, 5.41) is 3.93.